The molecule has 0 bridgehead atoms. The molecule has 0 spiro atoms. The molecule has 1 saturated heterocycles. The molecule has 5 heteroatoms. The second-order valence-electron chi connectivity index (χ2n) is 8.54. The Morgan fingerprint density at radius 2 is 2.04 bits per heavy atom. The van der Waals surface area contributed by atoms with Gasteiger partial charge in [-0.25, -0.2) is 4.79 Å². The van der Waals surface area contributed by atoms with E-state index >= 15 is 0 Å². The highest BCUT2D eigenvalue weighted by Gasteiger charge is 2.57. The number of hydrogen-bond donors (Lipinski definition) is 3. The van der Waals surface area contributed by atoms with Crippen molar-refractivity contribution in [3.63, 3.8) is 0 Å². The molecule has 3 aliphatic rings. The maximum Gasteiger partial charge on any atom is 0.337 e. The highest BCUT2D eigenvalue weighted by atomic mass is 16.5. The van der Waals surface area contributed by atoms with Gasteiger partial charge in [0.2, 0.25) is 0 Å². The van der Waals surface area contributed by atoms with Gasteiger partial charge in [0, 0.05) is 18.3 Å². The van der Waals surface area contributed by atoms with Crippen LogP contribution in [0.4, 0.5) is 0 Å². The third-order valence-corrected chi connectivity index (χ3v) is 7.27. The first kappa shape index (κ1) is 18.5. The maximum atomic E-state index is 11.8. The quantitative estimate of drug-likeness (QED) is 0.315. The topological polar surface area (TPSA) is 87.0 Å². The van der Waals surface area contributed by atoms with E-state index in [0.29, 0.717) is 31.4 Å². The highest BCUT2D eigenvalue weighted by Crippen LogP contribution is 2.62. The molecule has 3 rings (SSSR count). The number of fused-ring (bicyclic) bond motifs is 1. The van der Waals surface area contributed by atoms with Gasteiger partial charge in [-0.15, -0.1) is 0 Å². The van der Waals surface area contributed by atoms with E-state index in [4.69, 9.17) is 4.74 Å². The Morgan fingerprint density at radius 1 is 1.32 bits per heavy atom. The van der Waals surface area contributed by atoms with Crippen LogP contribution >= 0.6 is 0 Å². The fourth-order valence-corrected chi connectivity index (χ4v) is 5.59. The summed E-state index contributed by atoms with van der Waals surface area (Å²) in [6.07, 6.45) is 3.49. The van der Waals surface area contributed by atoms with Gasteiger partial charge in [0.05, 0.1) is 24.9 Å². The number of cyclic esters (lactones) is 1. The van der Waals surface area contributed by atoms with Crippen LogP contribution in [0.3, 0.4) is 0 Å². The molecule has 0 amide bonds. The minimum absolute atomic E-state index is 0.0329. The van der Waals surface area contributed by atoms with E-state index < -0.39 is 17.5 Å². The van der Waals surface area contributed by atoms with Gasteiger partial charge in [0.1, 0.15) is 5.76 Å². The van der Waals surface area contributed by atoms with Crippen molar-refractivity contribution in [2.45, 2.75) is 58.5 Å². The predicted octanol–water partition coefficient (Wildman–Crippen LogP) is 2.88. The average molecular weight is 350 g/mol. The predicted molar refractivity (Wildman–Crippen MR) is 93.7 cm³/mol. The van der Waals surface area contributed by atoms with Crippen molar-refractivity contribution in [3.05, 3.63) is 23.5 Å². The lowest BCUT2D eigenvalue weighted by Crippen LogP contribution is -2.57. The maximum absolute atomic E-state index is 11.8. The zero-order valence-electron chi connectivity index (χ0n) is 15.3. The first-order valence-corrected chi connectivity index (χ1v) is 9.28. The third-order valence-electron chi connectivity index (χ3n) is 7.27. The first-order valence-electron chi connectivity index (χ1n) is 9.28. The molecule has 0 unspecified atom stereocenters. The number of esters is 1. The van der Waals surface area contributed by atoms with Crippen LogP contribution in [0, 0.1) is 22.7 Å². The number of rotatable bonds is 3. The van der Waals surface area contributed by atoms with Crippen molar-refractivity contribution in [3.8, 4) is 0 Å². The average Bonchev–Trinajstić information content (AvgIpc) is 3.01. The molecule has 3 fully saturated rings. The minimum Gasteiger partial charge on any atom is -0.512 e. The summed E-state index contributed by atoms with van der Waals surface area (Å²) in [7, 11) is 0. The molecule has 25 heavy (non-hydrogen) atoms. The molecule has 0 aromatic heterocycles. The van der Waals surface area contributed by atoms with Gasteiger partial charge in [-0.05, 0) is 42.9 Å². The number of hydrogen-bond acceptors (Lipinski definition) is 5. The normalized spacial score (nSPS) is 43.6. The Kier molecular flexibility index (Phi) is 4.75. The molecule has 140 valence electrons. The Balaban J connectivity index is 1.93. The van der Waals surface area contributed by atoms with E-state index in [1.807, 2.05) is 6.92 Å². The number of carbonyl (C=O) groups excluding carboxylic acids is 1. The second kappa shape index (κ2) is 6.44. The van der Waals surface area contributed by atoms with Gasteiger partial charge < -0.3 is 20.1 Å². The monoisotopic (exact) mass is 350 g/mol. The standard InChI is InChI=1S/C20H30O5/c1-12-4-5-16-19(2,8-6-17(23)20(16,3)11-21)14(12)10-15(22)13-7-9-25-18(13)24/h14,16-17,21-23H,1,4-11H2,2-3H3/b15-13-/t14-,16+,17-,19+,20+/m1/s1. The zero-order valence-corrected chi connectivity index (χ0v) is 15.3. The molecule has 5 nitrogen and oxygen atoms in total. The summed E-state index contributed by atoms with van der Waals surface area (Å²) < 4.78 is 4.95. The van der Waals surface area contributed by atoms with Crippen molar-refractivity contribution >= 4 is 5.97 Å². The second-order valence-corrected chi connectivity index (χ2v) is 8.54. The highest BCUT2D eigenvalue weighted by molar-refractivity contribution is 5.90. The van der Waals surface area contributed by atoms with Crippen molar-refractivity contribution in [2.75, 3.05) is 13.2 Å². The summed E-state index contributed by atoms with van der Waals surface area (Å²) in [5, 5.41) is 31.1. The summed E-state index contributed by atoms with van der Waals surface area (Å²) in [6, 6.07) is 0. The van der Waals surface area contributed by atoms with Gasteiger partial charge in [0.25, 0.3) is 0 Å². The molecule has 0 aromatic carbocycles. The molecular formula is C20H30O5. The molecule has 3 N–H and O–H groups in total. The lowest BCUT2D eigenvalue weighted by molar-refractivity contribution is -0.152. The van der Waals surface area contributed by atoms with Gasteiger partial charge >= 0.3 is 5.97 Å². The summed E-state index contributed by atoms with van der Waals surface area (Å²) in [6.45, 7) is 8.69. The van der Waals surface area contributed by atoms with Crippen LogP contribution in [-0.2, 0) is 9.53 Å². The van der Waals surface area contributed by atoms with Crippen LogP contribution < -0.4 is 0 Å². The van der Waals surface area contributed by atoms with Crippen molar-refractivity contribution in [1.29, 1.82) is 0 Å². The lowest BCUT2D eigenvalue weighted by atomic mass is 9.46. The zero-order chi connectivity index (χ0) is 18.4. The van der Waals surface area contributed by atoms with Gasteiger partial charge in [0.15, 0.2) is 0 Å². The van der Waals surface area contributed by atoms with Gasteiger partial charge in [-0.2, -0.15) is 0 Å². The van der Waals surface area contributed by atoms with Crippen LogP contribution in [-0.4, -0.2) is 40.6 Å². The summed E-state index contributed by atoms with van der Waals surface area (Å²) >= 11 is 0. The molecule has 1 heterocycles. The Hall–Kier alpha value is -1.33. The SMILES string of the molecule is C=C1CC[C@@H]2[C@](C)(CO)[C@H](O)CC[C@@]2(C)[C@@H]1C/C(O)=C1\CCOC1=O. The largest absolute Gasteiger partial charge is 0.512 e. The summed E-state index contributed by atoms with van der Waals surface area (Å²) in [5.74, 6) is -0.115. The van der Waals surface area contributed by atoms with Crippen LogP contribution in [0.5, 0.6) is 0 Å². The van der Waals surface area contributed by atoms with E-state index in [0.717, 1.165) is 24.8 Å². The van der Waals surface area contributed by atoms with E-state index in [1.165, 1.54) is 0 Å². The molecular weight excluding hydrogens is 320 g/mol. The summed E-state index contributed by atoms with van der Waals surface area (Å²) in [4.78, 5) is 11.8. The van der Waals surface area contributed by atoms with Gasteiger partial charge in [-0.1, -0.05) is 26.0 Å². The van der Waals surface area contributed by atoms with E-state index in [9.17, 15) is 20.1 Å². The third kappa shape index (κ3) is 2.81. The molecule has 0 aromatic rings. The molecule has 2 saturated carbocycles. The molecule has 0 radical (unpaired) electrons. The fraction of sp³-hybridized carbons (Fsp3) is 0.750. The number of allylic oxidation sites excluding steroid dienone is 2. The molecule has 1 aliphatic heterocycles. The van der Waals surface area contributed by atoms with Crippen LogP contribution in [0.2, 0.25) is 0 Å². The first-order chi connectivity index (χ1) is 11.7. The minimum atomic E-state index is -0.541. The number of ether oxygens (including phenoxy) is 1. The van der Waals surface area contributed by atoms with E-state index in [2.05, 4.69) is 13.5 Å². The van der Waals surface area contributed by atoms with E-state index in [1.54, 1.807) is 0 Å². The number of aliphatic hydroxyl groups excluding tert-OH is 3. The van der Waals surface area contributed by atoms with Crippen molar-refractivity contribution < 1.29 is 24.9 Å². The Morgan fingerprint density at radius 3 is 2.64 bits per heavy atom. The lowest BCUT2D eigenvalue weighted by Gasteiger charge is -2.59. The van der Waals surface area contributed by atoms with E-state index in [-0.39, 0.29) is 29.6 Å². The van der Waals surface area contributed by atoms with Crippen LogP contribution in [0.1, 0.15) is 52.4 Å². The summed E-state index contributed by atoms with van der Waals surface area (Å²) in [5.41, 5.74) is 0.776. The van der Waals surface area contributed by atoms with Crippen LogP contribution in [0.25, 0.3) is 0 Å². The van der Waals surface area contributed by atoms with Gasteiger partial charge in [-0.3, -0.25) is 0 Å². The number of carbonyl (C=O) groups is 1. The van der Waals surface area contributed by atoms with Crippen molar-refractivity contribution in [2.24, 2.45) is 22.7 Å². The molecule has 5 atom stereocenters. The Bertz CT molecular complexity index is 609. The Labute approximate surface area is 149 Å². The smallest absolute Gasteiger partial charge is 0.337 e. The number of aliphatic hydroxyl groups is 3. The molecule has 2 aliphatic carbocycles. The van der Waals surface area contributed by atoms with Crippen molar-refractivity contribution in [1.82, 2.24) is 0 Å². The fourth-order valence-electron chi connectivity index (χ4n) is 5.59. The van der Waals surface area contributed by atoms with Crippen LogP contribution in [0.15, 0.2) is 23.5 Å².